The Morgan fingerprint density at radius 1 is 1.20 bits per heavy atom. The van der Waals surface area contributed by atoms with Crippen molar-refractivity contribution < 1.29 is 0 Å². The van der Waals surface area contributed by atoms with E-state index in [4.69, 9.17) is 5.73 Å². The molecule has 20 heavy (non-hydrogen) atoms. The van der Waals surface area contributed by atoms with Crippen LogP contribution in [0, 0.1) is 13.8 Å². The number of para-hydroxylation sites is 1. The molecule has 2 heterocycles. The Balaban J connectivity index is 2.00. The highest BCUT2D eigenvalue weighted by Gasteiger charge is 2.13. The minimum atomic E-state index is 0.468. The summed E-state index contributed by atoms with van der Waals surface area (Å²) < 4.78 is 2.15. The van der Waals surface area contributed by atoms with Gasteiger partial charge >= 0.3 is 0 Å². The third-order valence-corrected chi connectivity index (χ3v) is 5.33. The molecule has 0 fully saturated rings. The average molecular weight is 302 g/mol. The number of thiazole rings is 1. The predicted molar refractivity (Wildman–Crippen MR) is 83.1 cm³/mol. The summed E-state index contributed by atoms with van der Waals surface area (Å²) in [6.07, 6.45) is 0. The Morgan fingerprint density at radius 3 is 2.75 bits per heavy atom. The van der Waals surface area contributed by atoms with Crippen molar-refractivity contribution in [3.8, 4) is 0 Å². The number of rotatable bonds is 3. The number of fused-ring (bicyclic) bond motifs is 1. The van der Waals surface area contributed by atoms with Crippen molar-refractivity contribution in [3.63, 3.8) is 0 Å². The zero-order chi connectivity index (χ0) is 14.1. The number of hydrogen-bond donors (Lipinski definition) is 1. The summed E-state index contributed by atoms with van der Waals surface area (Å²) in [7, 11) is 0. The molecule has 0 saturated carbocycles. The van der Waals surface area contributed by atoms with Crippen molar-refractivity contribution in [2.24, 2.45) is 5.73 Å². The SMILES string of the molecule is Cc1nnc(Sc2nc3ccccc3s2)c(CN)c1C. The lowest BCUT2D eigenvalue weighted by Gasteiger charge is -2.09. The van der Waals surface area contributed by atoms with Crippen molar-refractivity contribution in [2.75, 3.05) is 0 Å². The second kappa shape index (κ2) is 5.47. The second-order valence-corrected chi connectivity index (χ2v) is 6.71. The van der Waals surface area contributed by atoms with E-state index < -0.39 is 0 Å². The molecule has 0 bridgehead atoms. The van der Waals surface area contributed by atoms with Crippen molar-refractivity contribution in [3.05, 3.63) is 41.1 Å². The Labute approximate surface area is 125 Å². The molecule has 2 N–H and O–H groups in total. The normalized spacial score (nSPS) is 11.2. The van der Waals surface area contributed by atoms with Crippen LogP contribution in [0.4, 0.5) is 0 Å². The van der Waals surface area contributed by atoms with Crippen LogP contribution in [-0.4, -0.2) is 15.2 Å². The Morgan fingerprint density at radius 2 is 2.00 bits per heavy atom. The Kier molecular flexibility index (Phi) is 3.69. The van der Waals surface area contributed by atoms with E-state index in [9.17, 15) is 0 Å². The van der Waals surface area contributed by atoms with Crippen molar-refractivity contribution >= 4 is 33.3 Å². The molecule has 0 unspecified atom stereocenters. The van der Waals surface area contributed by atoms with Crippen LogP contribution < -0.4 is 5.73 Å². The molecule has 0 radical (unpaired) electrons. The molecule has 6 heteroatoms. The smallest absolute Gasteiger partial charge is 0.157 e. The molecule has 2 aromatic heterocycles. The molecular weight excluding hydrogens is 288 g/mol. The quantitative estimate of drug-likeness (QED) is 0.804. The molecule has 0 aliphatic heterocycles. The summed E-state index contributed by atoms with van der Waals surface area (Å²) >= 11 is 3.21. The molecule has 0 atom stereocenters. The third kappa shape index (κ3) is 2.42. The van der Waals surface area contributed by atoms with E-state index in [1.807, 2.05) is 32.0 Å². The van der Waals surface area contributed by atoms with Crippen LogP contribution >= 0.6 is 23.1 Å². The van der Waals surface area contributed by atoms with Crippen LogP contribution in [-0.2, 0) is 6.54 Å². The van der Waals surface area contributed by atoms with Gasteiger partial charge in [-0.15, -0.1) is 16.4 Å². The van der Waals surface area contributed by atoms with E-state index >= 15 is 0 Å². The number of aryl methyl sites for hydroxylation is 1. The fourth-order valence-electron chi connectivity index (χ4n) is 1.93. The molecule has 0 amide bonds. The first kappa shape index (κ1) is 13.5. The molecule has 4 nitrogen and oxygen atoms in total. The maximum Gasteiger partial charge on any atom is 0.157 e. The fourth-order valence-corrected chi connectivity index (χ4v) is 4.05. The van der Waals surface area contributed by atoms with Crippen molar-refractivity contribution in [1.29, 1.82) is 0 Å². The van der Waals surface area contributed by atoms with E-state index in [-0.39, 0.29) is 0 Å². The van der Waals surface area contributed by atoms with E-state index in [2.05, 4.69) is 21.2 Å². The van der Waals surface area contributed by atoms with Gasteiger partial charge in [-0.2, -0.15) is 5.10 Å². The minimum Gasteiger partial charge on any atom is -0.326 e. The van der Waals surface area contributed by atoms with Crippen LogP contribution in [0.1, 0.15) is 16.8 Å². The van der Waals surface area contributed by atoms with Gasteiger partial charge in [0, 0.05) is 12.1 Å². The highest BCUT2D eigenvalue weighted by Crippen LogP contribution is 2.35. The van der Waals surface area contributed by atoms with Gasteiger partial charge in [-0.25, -0.2) is 4.98 Å². The van der Waals surface area contributed by atoms with Gasteiger partial charge in [-0.05, 0) is 43.3 Å². The number of nitrogens with two attached hydrogens (primary N) is 1. The van der Waals surface area contributed by atoms with Crippen LogP contribution in [0.15, 0.2) is 33.6 Å². The Hall–Kier alpha value is -1.50. The summed E-state index contributed by atoms with van der Waals surface area (Å²) in [5.41, 5.74) is 9.97. The van der Waals surface area contributed by atoms with E-state index in [0.717, 1.165) is 31.7 Å². The lowest BCUT2D eigenvalue weighted by atomic mass is 10.1. The molecule has 0 saturated heterocycles. The fraction of sp³-hybridized carbons (Fsp3) is 0.214. The number of hydrogen-bond acceptors (Lipinski definition) is 6. The number of aromatic nitrogens is 3. The van der Waals surface area contributed by atoms with E-state index in [1.54, 1.807) is 23.1 Å². The van der Waals surface area contributed by atoms with Crippen LogP contribution in [0.2, 0.25) is 0 Å². The topological polar surface area (TPSA) is 64.7 Å². The third-order valence-electron chi connectivity index (χ3n) is 3.21. The predicted octanol–water partition coefficient (Wildman–Crippen LogP) is 3.31. The zero-order valence-corrected chi connectivity index (χ0v) is 12.9. The maximum atomic E-state index is 5.85. The number of nitrogens with zero attached hydrogens (tertiary/aromatic N) is 3. The summed E-state index contributed by atoms with van der Waals surface area (Å²) in [5, 5.41) is 9.32. The highest BCUT2D eigenvalue weighted by atomic mass is 32.2. The van der Waals surface area contributed by atoms with Crippen molar-refractivity contribution in [1.82, 2.24) is 15.2 Å². The van der Waals surface area contributed by atoms with Crippen molar-refractivity contribution in [2.45, 2.75) is 29.8 Å². The molecule has 3 aromatic rings. The maximum absolute atomic E-state index is 5.85. The standard InChI is InChI=1S/C14H14N4S2/c1-8-9(2)17-18-13(10(8)7-15)20-14-16-11-5-3-4-6-12(11)19-14/h3-6H,7,15H2,1-2H3. The average Bonchev–Trinajstić information content (AvgIpc) is 2.85. The number of benzene rings is 1. The van der Waals surface area contributed by atoms with Gasteiger partial charge < -0.3 is 5.73 Å². The van der Waals surface area contributed by atoms with Gasteiger partial charge in [0.1, 0.15) is 5.03 Å². The minimum absolute atomic E-state index is 0.468. The molecular formula is C14H14N4S2. The highest BCUT2D eigenvalue weighted by molar-refractivity contribution is 8.01. The van der Waals surface area contributed by atoms with Crippen LogP contribution in [0.3, 0.4) is 0 Å². The van der Waals surface area contributed by atoms with E-state index in [0.29, 0.717) is 6.54 Å². The van der Waals surface area contributed by atoms with Gasteiger partial charge in [0.05, 0.1) is 15.9 Å². The molecule has 0 aliphatic rings. The van der Waals surface area contributed by atoms with Gasteiger partial charge in [-0.1, -0.05) is 12.1 Å². The summed E-state index contributed by atoms with van der Waals surface area (Å²) in [6, 6.07) is 8.12. The molecule has 0 aliphatic carbocycles. The second-order valence-electron chi connectivity index (χ2n) is 4.45. The van der Waals surface area contributed by atoms with Gasteiger partial charge in [0.2, 0.25) is 0 Å². The summed E-state index contributed by atoms with van der Waals surface area (Å²) in [4.78, 5) is 4.61. The summed E-state index contributed by atoms with van der Waals surface area (Å²) in [6.45, 7) is 4.46. The molecule has 3 rings (SSSR count). The van der Waals surface area contributed by atoms with Gasteiger partial charge in [0.15, 0.2) is 4.34 Å². The van der Waals surface area contributed by atoms with Gasteiger partial charge in [0.25, 0.3) is 0 Å². The summed E-state index contributed by atoms with van der Waals surface area (Å²) in [5.74, 6) is 0. The molecule has 0 spiro atoms. The van der Waals surface area contributed by atoms with E-state index in [1.165, 1.54) is 4.70 Å². The lowest BCUT2D eigenvalue weighted by Crippen LogP contribution is -2.06. The Bertz CT molecular complexity index is 734. The molecule has 1 aromatic carbocycles. The van der Waals surface area contributed by atoms with Crippen LogP contribution in [0.25, 0.3) is 10.2 Å². The van der Waals surface area contributed by atoms with Crippen LogP contribution in [0.5, 0.6) is 0 Å². The first-order chi connectivity index (χ1) is 9.69. The largest absolute Gasteiger partial charge is 0.326 e. The molecule has 102 valence electrons. The lowest BCUT2D eigenvalue weighted by molar-refractivity contribution is 0.824. The first-order valence-electron chi connectivity index (χ1n) is 6.25. The monoisotopic (exact) mass is 302 g/mol. The van der Waals surface area contributed by atoms with Gasteiger partial charge in [-0.3, -0.25) is 0 Å². The first-order valence-corrected chi connectivity index (χ1v) is 7.88. The zero-order valence-electron chi connectivity index (χ0n) is 11.3.